The van der Waals surface area contributed by atoms with Crippen LogP contribution in [0.5, 0.6) is 0 Å². The Bertz CT molecular complexity index is 441. The highest BCUT2D eigenvalue weighted by Crippen LogP contribution is 2.52. The summed E-state index contributed by atoms with van der Waals surface area (Å²) in [5.41, 5.74) is 1.72. The fourth-order valence-corrected chi connectivity index (χ4v) is 4.49. The molecule has 0 radical (unpaired) electrons. The number of hydrogen-bond donors (Lipinski definition) is 1. The Morgan fingerprint density at radius 2 is 2.00 bits per heavy atom. The van der Waals surface area contributed by atoms with Crippen LogP contribution in [-0.4, -0.2) is 26.3 Å². The fourth-order valence-electron chi connectivity index (χ4n) is 4.36. The molecule has 20 heavy (non-hydrogen) atoms. The van der Waals surface area contributed by atoms with Crippen molar-refractivity contribution in [3.05, 3.63) is 34.9 Å². The first-order valence-corrected chi connectivity index (χ1v) is 8.13. The first-order chi connectivity index (χ1) is 9.76. The fraction of sp³-hybridized carbons (Fsp3) is 0.647. The molecule has 3 heteroatoms. The Balaban J connectivity index is 1.95. The summed E-state index contributed by atoms with van der Waals surface area (Å²) in [6, 6.07) is 8.43. The molecule has 2 aliphatic rings. The second-order valence-electron chi connectivity index (χ2n) is 6.26. The van der Waals surface area contributed by atoms with Gasteiger partial charge in [-0.2, -0.15) is 0 Å². The van der Waals surface area contributed by atoms with Gasteiger partial charge >= 0.3 is 0 Å². The molecule has 2 nitrogen and oxygen atoms in total. The van der Waals surface area contributed by atoms with E-state index in [-0.39, 0.29) is 0 Å². The van der Waals surface area contributed by atoms with Crippen LogP contribution in [0.2, 0.25) is 5.02 Å². The molecule has 3 rings (SSSR count). The molecule has 1 heterocycles. The van der Waals surface area contributed by atoms with Gasteiger partial charge in [-0.05, 0) is 43.5 Å². The molecule has 3 atom stereocenters. The van der Waals surface area contributed by atoms with Gasteiger partial charge in [0.05, 0.1) is 6.10 Å². The molecule has 1 saturated heterocycles. The maximum atomic E-state index is 6.04. The molecular formula is C17H24ClNO. The Labute approximate surface area is 126 Å². The van der Waals surface area contributed by atoms with Gasteiger partial charge in [0, 0.05) is 30.0 Å². The third-order valence-electron chi connectivity index (χ3n) is 5.37. The van der Waals surface area contributed by atoms with Crippen molar-refractivity contribution in [3.8, 4) is 0 Å². The van der Waals surface area contributed by atoms with Crippen LogP contribution >= 0.6 is 11.6 Å². The number of ether oxygens (including phenoxy) is 1. The number of benzene rings is 1. The lowest BCUT2D eigenvalue weighted by atomic mass is 9.59. The maximum Gasteiger partial charge on any atom is 0.0634 e. The quantitative estimate of drug-likeness (QED) is 0.890. The van der Waals surface area contributed by atoms with E-state index in [4.69, 9.17) is 16.3 Å². The van der Waals surface area contributed by atoms with Crippen LogP contribution in [-0.2, 0) is 4.74 Å². The first kappa shape index (κ1) is 14.4. The van der Waals surface area contributed by atoms with Crippen molar-refractivity contribution in [1.29, 1.82) is 0 Å². The molecule has 1 N–H and O–H groups in total. The monoisotopic (exact) mass is 293 g/mol. The number of rotatable bonds is 2. The Morgan fingerprint density at radius 1 is 1.20 bits per heavy atom. The van der Waals surface area contributed by atoms with Gasteiger partial charge in [-0.3, -0.25) is 0 Å². The number of hydrogen-bond acceptors (Lipinski definition) is 2. The second-order valence-corrected chi connectivity index (χ2v) is 6.70. The van der Waals surface area contributed by atoms with Crippen molar-refractivity contribution in [3.63, 3.8) is 0 Å². The van der Waals surface area contributed by atoms with Gasteiger partial charge in [0.1, 0.15) is 0 Å². The van der Waals surface area contributed by atoms with Gasteiger partial charge in [-0.25, -0.2) is 0 Å². The van der Waals surface area contributed by atoms with E-state index in [1.54, 1.807) is 0 Å². The van der Waals surface area contributed by atoms with Crippen LogP contribution < -0.4 is 5.32 Å². The summed E-state index contributed by atoms with van der Waals surface area (Å²) in [6.07, 6.45) is 6.77. The molecule has 110 valence electrons. The summed E-state index contributed by atoms with van der Waals surface area (Å²) >= 11 is 6.04. The molecule has 1 aromatic carbocycles. The van der Waals surface area contributed by atoms with Crippen molar-refractivity contribution in [2.75, 3.05) is 20.2 Å². The summed E-state index contributed by atoms with van der Waals surface area (Å²) in [4.78, 5) is 0. The lowest BCUT2D eigenvalue weighted by Gasteiger charge is -2.51. The Morgan fingerprint density at radius 3 is 2.75 bits per heavy atom. The van der Waals surface area contributed by atoms with E-state index in [1.165, 1.54) is 37.7 Å². The average molecular weight is 294 g/mol. The maximum absolute atomic E-state index is 6.04. The van der Waals surface area contributed by atoms with Crippen molar-refractivity contribution in [1.82, 2.24) is 5.32 Å². The van der Waals surface area contributed by atoms with Crippen molar-refractivity contribution in [2.24, 2.45) is 5.41 Å². The molecule has 2 fully saturated rings. The molecule has 0 amide bonds. The van der Waals surface area contributed by atoms with E-state index in [0.717, 1.165) is 18.1 Å². The highest BCUT2D eigenvalue weighted by molar-refractivity contribution is 6.30. The van der Waals surface area contributed by atoms with Crippen LogP contribution in [0.3, 0.4) is 0 Å². The van der Waals surface area contributed by atoms with E-state index in [9.17, 15) is 0 Å². The van der Waals surface area contributed by atoms with Gasteiger partial charge < -0.3 is 10.1 Å². The minimum atomic E-state index is 0.312. The van der Waals surface area contributed by atoms with Crippen LogP contribution in [0, 0.1) is 5.41 Å². The predicted octanol–water partition coefficient (Wildman–Crippen LogP) is 3.99. The largest absolute Gasteiger partial charge is 0.381 e. The highest BCUT2D eigenvalue weighted by Gasteiger charge is 2.48. The van der Waals surface area contributed by atoms with E-state index in [1.807, 2.05) is 19.2 Å². The van der Waals surface area contributed by atoms with E-state index in [0.29, 0.717) is 17.4 Å². The van der Waals surface area contributed by atoms with Gasteiger partial charge in [0.2, 0.25) is 0 Å². The molecule has 1 spiro atoms. The molecule has 1 aliphatic carbocycles. The third kappa shape index (κ3) is 2.49. The lowest BCUT2D eigenvalue weighted by Crippen LogP contribution is -2.52. The van der Waals surface area contributed by atoms with Crippen molar-refractivity contribution in [2.45, 2.75) is 44.1 Å². The summed E-state index contributed by atoms with van der Waals surface area (Å²) in [5.74, 6) is 0.541. The number of methoxy groups -OCH3 is 1. The van der Waals surface area contributed by atoms with E-state index < -0.39 is 0 Å². The standard InChI is InChI=1S/C17H24ClNO/c1-20-16-4-2-3-9-17(16)10-11-19-12-15(17)13-5-7-14(18)8-6-13/h5-8,15-16,19H,2-4,9-12H2,1H3. The van der Waals surface area contributed by atoms with Gasteiger partial charge in [-0.15, -0.1) is 0 Å². The third-order valence-corrected chi connectivity index (χ3v) is 5.62. The molecule has 1 saturated carbocycles. The zero-order valence-electron chi connectivity index (χ0n) is 12.2. The topological polar surface area (TPSA) is 21.3 Å². The van der Waals surface area contributed by atoms with Crippen LogP contribution in [0.15, 0.2) is 24.3 Å². The lowest BCUT2D eigenvalue weighted by molar-refractivity contribution is -0.0717. The van der Waals surface area contributed by atoms with Gasteiger partial charge in [0.25, 0.3) is 0 Å². The SMILES string of the molecule is COC1CCCCC12CCNCC2c1ccc(Cl)cc1. The summed E-state index contributed by atoms with van der Waals surface area (Å²) in [6.45, 7) is 2.17. The Hall–Kier alpha value is -0.570. The molecular weight excluding hydrogens is 270 g/mol. The summed E-state index contributed by atoms with van der Waals surface area (Å²) in [7, 11) is 1.89. The van der Waals surface area contributed by atoms with Gasteiger partial charge in [0.15, 0.2) is 0 Å². The normalized spacial score (nSPS) is 34.3. The highest BCUT2D eigenvalue weighted by atomic mass is 35.5. The van der Waals surface area contributed by atoms with E-state index >= 15 is 0 Å². The second kappa shape index (κ2) is 6.05. The average Bonchev–Trinajstić information content (AvgIpc) is 2.49. The van der Waals surface area contributed by atoms with Gasteiger partial charge in [-0.1, -0.05) is 36.6 Å². The predicted molar refractivity (Wildman–Crippen MR) is 83.4 cm³/mol. The van der Waals surface area contributed by atoms with E-state index in [2.05, 4.69) is 17.4 Å². The van der Waals surface area contributed by atoms with Crippen molar-refractivity contribution >= 4 is 11.6 Å². The molecule has 0 bridgehead atoms. The van der Waals surface area contributed by atoms with Crippen LogP contribution in [0.4, 0.5) is 0 Å². The van der Waals surface area contributed by atoms with Crippen molar-refractivity contribution < 1.29 is 4.74 Å². The smallest absolute Gasteiger partial charge is 0.0634 e. The number of halogens is 1. The Kier molecular flexibility index (Phi) is 4.34. The van der Waals surface area contributed by atoms with Crippen LogP contribution in [0.1, 0.15) is 43.6 Å². The van der Waals surface area contributed by atoms with Crippen LogP contribution in [0.25, 0.3) is 0 Å². The molecule has 0 aromatic heterocycles. The minimum Gasteiger partial charge on any atom is -0.381 e. The molecule has 1 aromatic rings. The zero-order chi connectivity index (χ0) is 14.0. The summed E-state index contributed by atoms with van der Waals surface area (Å²) in [5, 5.41) is 4.39. The molecule has 1 aliphatic heterocycles. The zero-order valence-corrected chi connectivity index (χ0v) is 13.0. The first-order valence-electron chi connectivity index (χ1n) is 7.75. The molecule has 3 unspecified atom stereocenters. The summed E-state index contributed by atoms with van der Waals surface area (Å²) < 4.78 is 5.91. The number of piperidine rings is 1. The minimum absolute atomic E-state index is 0.312. The number of nitrogens with one attached hydrogen (secondary N) is 1.